The van der Waals surface area contributed by atoms with E-state index in [1.807, 2.05) is 6.08 Å². The highest BCUT2D eigenvalue weighted by atomic mass is 31.1. The van der Waals surface area contributed by atoms with Crippen molar-refractivity contribution in [3.63, 3.8) is 0 Å². The van der Waals surface area contributed by atoms with Crippen molar-refractivity contribution in [3.05, 3.63) is 101 Å². The molecule has 1 aromatic heterocycles. The number of hydrogen-bond acceptors (Lipinski definition) is 2. The third-order valence-corrected chi connectivity index (χ3v) is 9.28. The Bertz CT molecular complexity index is 1190. The van der Waals surface area contributed by atoms with Gasteiger partial charge in [-0.2, -0.15) is 0 Å². The van der Waals surface area contributed by atoms with E-state index < -0.39 is 7.53 Å². The molecule has 2 aromatic rings. The maximum absolute atomic E-state index is 6.37. The van der Waals surface area contributed by atoms with Crippen molar-refractivity contribution < 1.29 is 0 Å². The molecule has 3 N–H and O–H groups in total. The van der Waals surface area contributed by atoms with Crippen LogP contribution in [0.2, 0.25) is 0 Å². The van der Waals surface area contributed by atoms with Crippen molar-refractivity contribution in [2.24, 2.45) is 5.73 Å². The maximum Gasteiger partial charge on any atom is 0.0377 e. The van der Waals surface area contributed by atoms with Crippen molar-refractivity contribution in [1.82, 2.24) is 5.32 Å². The molecule has 0 bridgehead atoms. The van der Waals surface area contributed by atoms with Crippen molar-refractivity contribution in [2.75, 3.05) is 7.05 Å². The number of fused-ring (bicyclic) bond motifs is 1. The molecule has 4 rings (SSSR count). The minimum Gasteiger partial charge on any atom is -0.322 e. The molecule has 34 heavy (non-hydrogen) atoms. The Morgan fingerprint density at radius 1 is 1.29 bits per heavy atom. The van der Waals surface area contributed by atoms with Gasteiger partial charge in [0, 0.05) is 16.7 Å². The summed E-state index contributed by atoms with van der Waals surface area (Å²) in [5, 5.41) is 6.29. The zero-order valence-electron chi connectivity index (χ0n) is 20.8. The van der Waals surface area contributed by atoms with Gasteiger partial charge in [0.25, 0.3) is 0 Å². The summed E-state index contributed by atoms with van der Waals surface area (Å²) in [6.45, 7) is 10.8. The van der Waals surface area contributed by atoms with Gasteiger partial charge >= 0.3 is 0 Å². The van der Waals surface area contributed by atoms with Crippen LogP contribution in [0.3, 0.4) is 0 Å². The summed E-state index contributed by atoms with van der Waals surface area (Å²) in [6, 6.07) is 9.76. The number of nitrogens with two attached hydrogens (primary N) is 1. The second-order valence-corrected chi connectivity index (χ2v) is 11.7. The zero-order valence-corrected chi connectivity index (χ0v) is 21.7. The van der Waals surface area contributed by atoms with Gasteiger partial charge in [-0.3, -0.25) is 0 Å². The minimum absolute atomic E-state index is 0.0858. The predicted octanol–water partition coefficient (Wildman–Crippen LogP) is 8.03. The average molecular weight is 471 g/mol. The normalized spacial score (nSPS) is 22.0. The molecule has 0 saturated carbocycles. The van der Waals surface area contributed by atoms with Gasteiger partial charge in [-0.1, -0.05) is 83.0 Å². The molecular formula is C31H39N2P. The van der Waals surface area contributed by atoms with Gasteiger partial charge in [-0.25, -0.2) is 0 Å². The molecule has 3 heteroatoms. The summed E-state index contributed by atoms with van der Waals surface area (Å²) in [5.41, 5.74) is 12.6. The van der Waals surface area contributed by atoms with Crippen molar-refractivity contribution in [3.8, 4) is 0 Å². The fourth-order valence-electron chi connectivity index (χ4n) is 5.01. The number of benzene rings is 1. The Labute approximate surface area is 206 Å². The van der Waals surface area contributed by atoms with E-state index in [1.54, 1.807) is 0 Å². The molecule has 0 fully saturated rings. The summed E-state index contributed by atoms with van der Waals surface area (Å²) >= 11 is 0. The summed E-state index contributed by atoms with van der Waals surface area (Å²) in [7, 11) is 1.59. The number of unbranched alkanes of at least 4 members (excludes halogenated alkanes) is 1. The lowest BCUT2D eigenvalue weighted by molar-refractivity contribution is 0.455. The van der Waals surface area contributed by atoms with E-state index in [0.29, 0.717) is 6.04 Å². The molecule has 1 aromatic carbocycles. The highest BCUT2D eigenvalue weighted by molar-refractivity contribution is 7.63. The Kier molecular flexibility index (Phi) is 7.94. The van der Waals surface area contributed by atoms with E-state index in [-0.39, 0.29) is 5.54 Å². The smallest absolute Gasteiger partial charge is 0.0377 e. The summed E-state index contributed by atoms with van der Waals surface area (Å²) in [5.74, 6) is 4.84. The monoisotopic (exact) mass is 470 g/mol. The third kappa shape index (κ3) is 5.47. The van der Waals surface area contributed by atoms with Gasteiger partial charge in [0.05, 0.1) is 0 Å². The van der Waals surface area contributed by atoms with Gasteiger partial charge in [0.15, 0.2) is 0 Å². The fourth-order valence-corrected chi connectivity index (χ4v) is 6.92. The first-order valence-corrected chi connectivity index (χ1v) is 14.1. The number of nitrogens with one attached hydrogen (secondary N) is 1. The molecule has 0 aliphatic heterocycles. The van der Waals surface area contributed by atoms with Gasteiger partial charge in [-0.15, -0.1) is 0 Å². The molecule has 0 saturated heterocycles. The van der Waals surface area contributed by atoms with Crippen LogP contribution < -0.4 is 11.1 Å². The molecule has 178 valence electrons. The Balaban J connectivity index is 1.54. The molecule has 2 nitrogen and oxygen atoms in total. The van der Waals surface area contributed by atoms with E-state index in [2.05, 4.69) is 92.6 Å². The standard InChI is InChI=1S/C31H39N2P/c1-5-7-9-28(33-4)20-23(3)30-25(6-2)11-12-27(30)22-34-19-15-26-21-24(10-13-29(26)34)14-18-31(32)16-8-17-31/h6,8,10-13,15-16,19,21-22,28,33H,2-3,5,7,9,14,17-18,20,32H2,1,4H3/b27-22-. The van der Waals surface area contributed by atoms with Crippen LogP contribution in [-0.2, 0) is 6.42 Å². The van der Waals surface area contributed by atoms with Gasteiger partial charge in [0.2, 0.25) is 0 Å². The largest absolute Gasteiger partial charge is 0.322 e. The van der Waals surface area contributed by atoms with Crippen LogP contribution >= 0.6 is 7.53 Å². The quantitative estimate of drug-likeness (QED) is 0.308. The molecule has 2 aliphatic carbocycles. The summed E-state index contributed by atoms with van der Waals surface area (Å²) in [4.78, 5) is 0. The summed E-state index contributed by atoms with van der Waals surface area (Å²) in [6.07, 6.45) is 18.4. The first-order valence-electron chi connectivity index (χ1n) is 12.6. The molecule has 0 spiro atoms. The van der Waals surface area contributed by atoms with Crippen LogP contribution in [0.15, 0.2) is 95.9 Å². The fraction of sp³-hybridized carbons (Fsp3) is 0.355. The molecule has 3 atom stereocenters. The van der Waals surface area contributed by atoms with Gasteiger partial charge in [0.1, 0.15) is 0 Å². The van der Waals surface area contributed by atoms with Gasteiger partial charge < -0.3 is 11.1 Å². The Hall–Kier alpha value is -2.38. The van der Waals surface area contributed by atoms with Crippen LogP contribution in [0.4, 0.5) is 0 Å². The van der Waals surface area contributed by atoms with Crippen LogP contribution in [0.5, 0.6) is 0 Å². The average Bonchev–Trinajstić information content (AvgIpc) is 3.42. The lowest BCUT2D eigenvalue weighted by atomic mass is 9.81. The van der Waals surface area contributed by atoms with Crippen molar-refractivity contribution in [2.45, 2.75) is 63.5 Å². The number of allylic oxidation sites excluding steroid dienone is 6. The van der Waals surface area contributed by atoms with Crippen LogP contribution in [0, 0.1) is 0 Å². The third-order valence-electron chi connectivity index (χ3n) is 7.29. The molecule has 2 aliphatic rings. The zero-order chi connectivity index (χ0) is 24.1. The highest BCUT2D eigenvalue weighted by Gasteiger charge is 2.25. The lowest BCUT2D eigenvalue weighted by Crippen LogP contribution is -2.42. The molecule has 1 heterocycles. The van der Waals surface area contributed by atoms with Crippen LogP contribution in [-0.4, -0.2) is 18.6 Å². The lowest BCUT2D eigenvalue weighted by Gasteiger charge is -2.31. The molecule has 0 radical (unpaired) electrons. The number of rotatable bonds is 12. The number of hydrogen-bond donors (Lipinski definition) is 2. The topological polar surface area (TPSA) is 38.0 Å². The number of aryl methyl sites for hydroxylation is 1. The second-order valence-electron chi connectivity index (χ2n) is 9.84. The Morgan fingerprint density at radius 2 is 2.12 bits per heavy atom. The van der Waals surface area contributed by atoms with Crippen LogP contribution in [0.25, 0.3) is 16.3 Å². The predicted molar refractivity (Wildman–Crippen MR) is 152 cm³/mol. The van der Waals surface area contributed by atoms with Crippen molar-refractivity contribution in [1.29, 1.82) is 0 Å². The van der Waals surface area contributed by atoms with E-state index in [0.717, 1.165) is 25.7 Å². The first-order chi connectivity index (χ1) is 16.5. The van der Waals surface area contributed by atoms with Gasteiger partial charge in [-0.05, 0) is 96.1 Å². The van der Waals surface area contributed by atoms with Crippen molar-refractivity contribution >= 4 is 23.9 Å². The van der Waals surface area contributed by atoms with E-state index in [1.165, 1.54) is 57.6 Å². The first kappa shape index (κ1) is 24.7. The summed E-state index contributed by atoms with van der Waals surface area (Å²) < 4.78 is 0. The van der Waals surface area contributed by atoms with Crippen LogP contribution in [0.1, 0.15) is 51.0 Å². The Morgan fingerprint density at radius 3 is 2.79 bits per heavy atom. The molecule has 3 unspecified atom stereocenters. The SMILES string of the molecule is C=CC1=C(C(=C)CC(CCCC)NC)/C(=C\p2ccc3cc(CCC4(N)C=CC4)ccc32)C=C1. The van der Waals surface area contributed by atoms with E-state index in [4.69, 9.17) is 5.73 Å². The minimum atomic E-state index is -0.472. The van der Waals surface area contributed by atoms with E-state index >= 15 is 0 Å². The molecular weight excluding hydrogens is 431 g/mol. The second kappa shape index (κ2) is 10.9. The van der Waals surface area contributed by atoms with E-state index in [9.17, 15) is 0 Å². The molecule has 0 amide bonds. The maximum atomic E-state index is 6.37. The highest BCUT2D eigenvalue weighted by Crippen LogP contribution is 2.46.